The standard InChI is InChI=1S/C35H34FN5O3/c36-29-14-13-26(35(38,16-15-22-11-12-22)25-8-3-5-23(17-25)20-37)18-31(29)39-33(43)32-19-27(42)21-41(32)34(44)40-30-10-4-7-24-6-1-2-9-28(24)30/h1-10,13-14,17-18,22,27,32,42H,11-12,15-16,19,21,38H2,(H,39,43)(H,40,44). The van der Waals surface area contributed by atoms with E-state index in [1.807, 2.05) is 42.5 Å². The predicted octanol–water partition coefficient (Wildman–Crippen LogP) is 5.85. The Bertz CT molecular complexity index is 1760. The fraction of sp³-hybridized carbons (Fsp3) is 0.286. The molecule has 1 saturated carbocycles. The number of benzene rings is 4. The molecule has 3 unspecified atom stereocenters. The number of rotatable bonds is 8. The third-order valence-corrected chi connectivity index (χ3v) is 8.76. The summed E-state index contributed by atoms with van der Waals surface area (Å²) in [5.41, 5.74) is 8.37. The van der Waals surface area contributed by atoms with Crippen LogP contribution in [0.15, 0.2) is 84.9 Å². The van der Waals surface area contributed by atoms with E-state index in [4.69, 9.17) is 5.73 Å². The monoisotopic (exact) mass is 591 g/mol. The first-order chi connectivity index (χ1) is 21.2. The van der Waals surface area contributed by atoms with Gasteiger partial charge in [-0.05, 0) is 65.6 Å². The minimum absolute atomic E-state index is 0.0132. The Morgan fingerprint density at radius 2 is 1.73 bits per heavy atom. The van der Waals surface area contributed by atoms with Crippen LogP contribution in [-0.4, -0.2) is 40.6 Å². The molecule has 9 heteroatoms. The summed E-state index contributed by atoms with van der Waals surface area (Å²) in [7, 11) is 0. The van der Waals surface area contributed by atoms with Gasteiger partial charge in [0.1, 0.15) is 11.9 Å². The Hall–Kier alpha value is -4.78. The highest BCUT2D eigenvalue weighted by molar-refractivity contribution is 6.04. The van der Waals surface area contributed by atoms with Crippen molar-refractivity contribution in [1.29, 1.82) is 5.26 Å². The number of nitriles is 1. The molecule has 5 N–H and O–H groups in total. The van der Waals surface area contributed by atoms with Gasteiger partial charge in [-0.3, -0.25) is 4.79 Å². The topological polar surface area (TPSA) is 131 Å². The molecule has 8 nitrogen and oxygen atoms in total. The Labute approximate surface area is 255 Å². The Morgan fingerprint density at radius 1 is 0.977 bits per heavy atom. The molecule has 2 aliphatic rings. The van der Waals surface area contributed by atoms with E-state index in [2.05, 4.69) is 16.7 Å². The van der Waals surface area contributed by atoms with Crippen molar-refractivity contribution in [2.24, 2.45) is 11.7 Å². The highest BCUT2D eigenvalue weighted by atomic mass is 19.1. The second-order valence-electron chi connectivity index (χ2n) is 11.8. The molecule has 3 atom stereocenters. The van der Waals surface area contributed by atoms with Crippen LogP contribution in [-0.2, 0) is 10.3 Å². The zero-order chi connectivity index (χ0) is 30.8. The van der Waals surface area contributed by atoms with Gasteiger partial charge in [0.15, 0.2) is 0 Å². The van der Waals surface area contributed by atoms with Crippen LogP contribution in [0.2, 0.25) is 0 Å². The molecule has 0 spiro atoms. The molecule has 4 aromatic carbocycles. The molecule has 4 aromatic rings. The Kier molecular flexibility index (Phi) is 8.04. The van der Waals surface area contributed by atoms with Crippen LogP contribution >= 0.6 is 0 Å². The van der Waals surface area contributed by atoms with E-state index in [1.54, 1.807) is 30.3 Å². The van der Waals surface area contributed by atoms with Gasteiger partial charge in [0, 0.05) is 18.4 Å². The van der Waals surface area contributed by atoms with Crippen molar-refractivity contribution in [3.05, 3.63) is 107 Å². The van der Waals surface area contributed by atoms with Crippen LogP contribution in [0.1, 0.15) is 48.8 Å². The van der Waals surface area contributed by atoms with E-state index < -0.39 is 35.4 Å². The summed E-state index contributed by atoms with van der Waals surface area (Å²) in [4.78, 5) is 28.2. The molecular weight excluding hydrogens is 557 g/mol. The van der Waals surface area contributed by atoms with Crippen molar-refractivity contribution in [3.8, 4) is 6.07 Å². The first-order valence-corrected chi connectivity index (χ1v) is 14.9. The average molecular weight is 592 g/mol. The summed E-state index contributed by atoms with van der Waals surface area (Å²) in [6.07, 6.45) is 2.87. The molecule has 0 aromatic heterocycles. The number of carbonyl (C=O) groups is 2. The molecular formula is C35H34FN5O3. The number of amides is 3. The van der Waals surface area contributed by atoms with Crippen molar-refractivity contribution in [1.82, 2.24) is 4.90 Å². The predicted molar refractivity (Wildman–Crippen MR) is 167 cm³/mol. The summed E-state index contributed by atoms with van der Waals surface area (Å²) in [5, 5.41) is 27.2. The van der Waals surface area contributed by atoms with Crippen molar-refractivity contribution in [3.63, 3.8) is 0 Å². The summed E-state index contributed by atoms with van der Waals surface area (Å²) < 4.78 is 15.2. The summed E-state index contributed by atoms with van der Waals surface area (Å²) in [6, 6.07) is 25.3. The third-order valence-electron chi connectivity index (χ3n) is 8.76. The lowest BCUT2D eigenvalue weighted by molar-refractivity contribution is -0.119. The smallest absolute Gasteiger partial charge is 0.322 e. The number of fused-ring (bicyclic) bond motifs is 1. The lowest BCUT2D eigenvalue weighted by Crippen LogP contribution is -2.45. The number of β-amino-alcohol motifs (C(OH)–C–C–N with tert-alkyl or cyclic N) is 1. The molecule has 3 amide bonds. The van der Waals surface area contributed by atoms with E-state index in [-0.39, 0.29) is 18.7 Å². The van der Waals surface area contributed by atoms with Gasteiger partial charge in [0.05, 0.1) is 34.7 Å². The average Bonchev–Trinajstić information content (AvgIpc) is 3.79. The number of anilines is 2. The van der Waals surface area contributed by atoms with Gasteiger partial charge in [-0.15, -0.1) is 0 Å². The van der Waals surface area contributed by atoms with Crippen LogP contribution in [0.25, 0.3) is 10.8 Å². The summed E-state index contributed by atoms with van der Waals surface area (Å²) >= 11 is 0. The number of nitrogens with one attached hydrogen (secondary N) is 2. The van der Waals surface area contributed by atoms with Gasteiger partial charge < -0.3 is 26.4 Å². The first kappa shape index (κ1) is 29.3. The highest BCUT2D eigenvalue weighted by Crippen LogP contribution is 2.41. The normalized spacial score (nSPS) is 19.3. The lowest BCUT2D eigenvalue weighted by atomic mass is 9.79. The molecule has 44 heavy (non-hydrogen) atoms. The van der Waals surface area contributed by atoms with Crippen LogP contribution in [0.4, 0.5) is 20.6 Å². The van der Waals surface area contributed by atoms with Gasteiger partial charge in [0.25, 0.3) is 0 Å². The minimum atomic E-state index is -1.02. The van der Waals surface area contributed by atoms with E-state index in [1.165, 1.54) is 17.0 Å². The fourth-order valence-electron chi connectivity index (χ4n) is 6.08. The molecule has 6 rings (SSSR count). The number of halogens is 1. The Morgan fingerprint density at radius 3 is 2.52 bits per heavy atom. The SMILES string of the molecule is N#Cc1cccc(C(N)(CCC2CC2)c2ccc(F)c(NC(=O)C3CC(O)CN3C(=O)Nc3cccc4ccccc34)c2)c1. The summed E-state index contributed by atoms with van der Waals surface area (Å²) in [5.74, 6) is -0.669. The van der Waals surface area contributed by atoms with Gasteiger partial charge in [-0.2, -0.15) is 5.26 Å². The molecule has 0 bridgehead atoms. The van der Waals surface area contributed by atoms with Crippen LogP contribution in [0.3, 0.4) is 0 Å². The van der Waals surface area contributed by atoms with Crippen molar-refractivity contribution in [2.45, 2.75) is 49.8 Å². The zero-order valence-corrected chi connectivity index (χ0v) is 24.2. The lowest BCUT2D eigenvalue weighted by Gasteiger charge is -2.32. The second kappa shape index (κ2) is 12.1. The minimum Gasteiger partial charge on any atom is -0.391 e. The molecule has 1 aliphatic carbocycles. The van der Waals surface area contributed by atoms with Gasteiger partial charge in [-0.1, -0.05) is 67.4 Å². The number of hydrogen-bond acceptors (Lipinski definition) is 5. The van der Waals surface area contributed by atoms with Gasteiger partial charge in [0.2, 0.25) is 5.91 Å². The number of nitrogens with two attached hydrogens (primary N) is 1. The zero-order valence-electron chi connectivity index (χ0n) is 24.2. The van der Waals surface area contributed by atoms with E-state index in [0.717, 1.165) is 35.6 Å². The molecule has 2 fully saturated rings. The van der Waals surface area contributed by atoms with E-state index in [9.17, 15) is 20.0 Å². The number of aliphatic hydroxyl groups excluding tert-OH is 1. The Balaban J connectivity index is 1.24. The molecule has 1 aliphatic heterocycles. The maximum Gasteiger partial charge on any atom is 0.322 e. The van der Waals surface area contributed by atoms with Gasteiger partial charge >= 0.3 is 6.03 Å². The third kappa shape index (κ3) is 6.00. The summed E-state index contributed by atoms with van der Waals surface area (Å²) in [6.45, 7) is -0.0421. The maximum atomic E-state index is 15.2. The highest BCUT2D eigenvalue weighted by Gasteiger charge is 2.40. The first-order valence-electron chi connectivity index (χ1n) is 14.9. The van der Waals surface area contributed by atoms with Crippen LogP contribution < -0.4 is 16.4 Å². The fourth-order valence-corrected chi connectivity index (χ4v) is 6.08. The quantitative estimate of drug-likeness (QED) is 0.204. The maximum absolute atomic E-state index is 15.2. The van der Waals surface area contributed by atoms with Crippen molar-refractivity contribution < 1.29 is 19.1 Å². The van der Waals surface area contributed by atoms with Gasteiger partial charge in [-0.25, -0.2) is 9.18 Å². The molecule has 224 valence electrons. The number of urea groups is 1. The number of carbonyl (C=O) groups excluding carboxylic acids is 2. The number of likely N-dealkylation sites (tertiary alicyclic amines) is 1. The second-order valence-corrected chi connectivity index (χ2v) is 11.8. The van der Waals surface area contributed by atoms with Crippen LogP contribution in [0.5, 0.6) is 0 Å². The number of nitrogens with zero attached hydrogens (tertiary/aromatic N) is 2. The van der Waals surface area contributed by atoms with Crippen molar-refractivity contribution in [2.75, 3.05) is 17.2 Å². The molecule has 0 radical (unpaired) electrons. The number of aliphatic hydroxyl groups is 1. The molecule has 1 heterocycles. The molecule has 1 saturated heterocycles. The van der Waals surface area contributed by atoms with E-state index in [0.29, 0.717) is 29.2 Å². The van der Waals surface area contributed by atoms with Crippen molar-refractivity contribution >= 4 is 34.1 Å². The number of hydrogen-bond donors (Lipinski definition) is 4. The van der Waals surface area contributed by atoms with Crippen LogP contribution in [0, 0.1) is 23.1 Å². The largest absolute Gasteiger partial charge is 0.391 e. The van der Waals surface area contributed by atoms with E-state index >= 15 is 4.39 Å².